The average molecular weight is 345 g/mol. The zero-order valence-corrected chi connectivity index (χ0v) is 13.5. The molecule has 25 heavy (non-hydrogen) atoms. The molecule has 0 aliphatic carbocycles. The molecule has 0 saturated carbocycles. The van der Waals surface area contributed by atoms with Gasteiger partial charge in [0.25, 0.3) is 5.56 Å². The maximum atomic E-state index is 13.2. The van der Waals surface area contributed by atoms with Crippen molar-refractivity contribution in [2.45, 2.75) is 26.2 Å². The van der Waals surface area contributed by atoms with Crippen LogP contribution >= 0.6 is 0 Å². The highest BCUT2D eigenvalue weighted by molar-refractivity contribution is 5.84. The number of unbranched alkanes of at least 4 members (excludes halogenated alkanes) is 1. The number of nitrogens with zero attached hydrogens (tertiary/aromatic N) is 1. The van der Waals surface area contributed by atoms with Crippen LogP contribution in [0.1, 0.15) is 25.3 Å². The van der Waals surface area contributed by atoms with E-state index in [-0.39, 0.29) is 16.7 Å². The van der Waals surface area contributed by atoms with Gasteiger partial charge in [-0.25, -0.2) is 14.0 Å². The fourth-order valence-electron chi connectivity index (χ4n) is 2.80. The monoisotopic (exact) mass is 345 g/mol. The van der Waals surface area contributed by atoms with Gasteiger partial charge in [0.05, 0.1) is 5.56 Å². The van der Waals surface area contributed by atoms with Crippen molar-refractivity contribution in [1.82, 2.24) is 9.66 Å². The Labute approximate surface area is 140 Å². The molecule has 2 heterocycles. The Hall–Kier alpha value is -3.16. The summed E-state index contributed by atoms with van der Waals surface area (Å²) in [5.41, 5.74) is -1.55. The zero-order chi connectivity index (χ0) is 18.1. The van der Waals surface area contributed by atoms with E-state index in [2.05, 4.69) is 4.98 Å². The normalized spacial score (nSPS) is 11.1. The first-order valence-corrected chi connectivity index (χ1v) is 7.80. The molecular formula is C17H16FN3O4. The zero-order valence-electron chi connectivity index (χ0n) is 13.5. The van der Waals surface area contributed by atoms with E-state index in [0.29, 0.717) is 28.6 Å². The van der Waals surface area contributed by atoms with Crippen LogP contribution in [-0.2, 0) is 6.42 Å². The van der Waals surface area contributed by atoms with Gasteiger partial charge in [-0.05, 0) is 36.1 Å². The number of benzene rings is 1. The molecule has 0 amide bonds. The molecule has 0 spiro atoms. The summed E-state index contributed by atoms with van der Waals surface area (Å²) in [5.74, 6) is 5.17. The smallest absolute Gasteiger partial charge is 0.349 e. The number of H-pyrrole nitrogens is 1. The third-order valence-corrected chi connectivity index (χ3v) is 4.01. The predicted molar refractivity (Wildman–Crippen MR) is 91.5 cm³/mol. The van der Waals surface area contributed by atoms with Gasteiger partial charge in [-0.2, -0.15) is 4.68 Å². The molecule has 3 N–H and O–H groups in total. The molecule has 0 unspecified atom stereocenters. The average Bonchev–Trinajstić information content (AvgIpc) is 2.58. The van der Waals surface area contributed by atoms with Gasteiger partial charge in [0.2, 0.25) is 5.71 Å². The minimum atomic E-state index is -0.878. The van der Waals surface area contributed by atoms with Crippen LogP contribution < -0.4 is 22.7 Å². The number of aromatic amines is 1. The molecule has 130 valence electrons. The number of nitrogens with one attached hydrogen (secondary N) is 1. The summed E-state index contributed by atoms with van der Waals surface area (Å²) < 4.78 is 19.0. The van der Waals surface area contributed by atoms with E-state index in [4.69, 9.17) is 10.3 Å². The standard InChI is InChI=1S/C17H16FN3O4/c1-2-3-4-11-12(9-5-7-10(18)8-6-9)16(23)25-15-13(11)14(22)20-17(24)21(15)19/h5-8H,2-4,19H2,1H3,(H,20,22,24). The van der Waals surface area contributed by atoms with Crippen LogP contribution in [0.25, 0.3) is 22.2 Å². The second kappa shape index (κ2) is 6.39. The molecule has 7 nitrogen and oxygen atoms in total. The predicted octanol–water partition coefficient (Wildman–Crippen LogP) is 1.51. The van der Waals surface area contributed by atoms with Gasteiger partial charge in [-0.1, -0.05) is 25.5 Å². The summed E-state index contributed by atoms with van der Waals surface area (Å²) in [6, 6.07) is 5.32. The van der Waals surface area contributed by atoms with Crippen molar-refractivity contribution in [1.29, 1.82) is 0 Å². The van der Waals surface area contributed by atoms with E-state index in [1.807, 2.05) is 6.92 Å². The number of rotatable bonds is 4. The molecular weight excluding hydrogens is 329 g/mol. The van der Waals surface area contributed by atoms with Crippen LogP contribution in [0.5, 0.6) is 0 Å². The number of hydrogen-bond donors (Lipinski definition) is 2. The Kier molecular flexibility index (Phi) is 4.26. The summed E-state index contributed by atoms with van der Waals surface area (Å²) in [7, 11) is 0. The fraction of sp³-hybridized carbons (Fsp3) is 0.235. The lowest BCUT2D eigenvalue weighted by molar-refractivity contribution is 0.531. The summed E-state index contributed by atoms with van der Waals surface area (Å²) in [6.07, 6.45) is 1.94. The number of nitrogen functional groups attached to an aromatic ring is 1. The fourth-order valence-corrected chi connectivity index (χ4v) is 2.80. The van der Waals surface area contributed by atoms with Crippen molar-refractivity contribution in [3.8, 4) is 11.1 Å². The summed E-state index contributed by atoms with van der Waals surface area (Å²) >= 11 is 0. The second-order valence-corrected chi connectivity index (χ2v) is 5.66. The lowest BCUT2D eigenvalue weighted by Gasteiger charge is -2.12. The van der Waals surface area contributed by atoms with E-state index in [1.54, 1.807) is 0 Å². The first-order valence-electron chi connectivity index (χ1n) is 7.80. The highest BCUT2D eigenvalue weighted by atomic mass is 19.1. The van der Waals surface area contributed by atoms with E-state index >= 15 is 0 Å². The molecule has 0 aliphatic heterocycles. The summed E-state index contributed by atoms with van der Waals surface area (Å²) in [4.78, 5) is 38.6. The van der Waals surface area contributed by atoms with Gasteiger partial charge in [-0.3, -0.25) is 9.78 Å². The molecule has 0 atom stereocenters. The van der Waals surface area contributed by atoms with Gasteiger partial charge >= 0.3 is 11.3 Å². The highest BCUT2D eigenvalue weighted by Crippen LogP contribution is 2.26. The van der Waals surface area contributed by atoms with Gasteiger partial charge in [0, 0.05) is 0 Å². The van der Waals surface area contributed by atoms with Crippen LogP contribution in [0, 0.1) is 5.82 Å². The van der Waals surface area contributed by atoms with Crippen LogP contribution in [0.2, 0.25) is 0 Å². The minimum Gasteiger partial charge on any atom is -0.403 e. The van der Waals surface area contributed by atoms with Crippen molar-refractivity contribution in [3.05, 3.63) is 66.9 Å². The first kappa shape index (κ1) is 16.7. The quantitative estimate of drug-likeness (QED) is 0.696. The molecule has 0 aliphatic rings. The minimum absolute atomic E-state index is 0.0504. The number of hydrogen-bond acceptors (Lipinski definition) is 5. The Morgan fingerprint density at radius 1 is 1.20 bits per heavy atom. The Morgan fingerprint density at radius 3 is 2.52 bits per heavy atom. The maximum absolute atomic E-state index is 13.2. The molecule has 0 saturated heterocycles. The number of aromatic nitrogens is 2. The van der Waals surface area contributed by atoms with Gasteiger partial charge in [-0.15, -0.1) is 0 Å². The van der Waals surface area contributed by atoms with Crippen molar-refractivity contribution in [2.75, 3.05) is 5.84 Å². The first-order chi connectivity index (χ1) is 11.9. The van der Waals surface area contributed by atoms with E-state index in [0.717, 1.165) is 6.42 Å². The van der Waals surface area contributed by atoms with E-state index < -0.39 is 22.7 Å². The maximum Gasteiger partial charge on any atom is 0.349 e. The number of halogens is 1. The topological polar surface area (TPSA) is 111 Å². The van der Waals surface area contributed by atoms with Gasteiger partial charge in [0.15, 0.2) is 0 Å². The van der Waals surface area contributed by atoms with Crippen LogP contribution in [0.3, 0.4) is 0 Å². The summed E-state index contributed by atoms with van der Waals surface area (Å²) in [6.45, 7) is 1.97. The highest BCUT2D eigenvalue weighted by Gasteiger charge is 2.21. The molecule has 8 heteroatoms. The van der Waals surface area contributed by atoms with Gasteiger partial charge < -0.3 is 10.3 Å². The molecule has 2 aromatic heterocycles. The molecule has 0 radical (unpaired) electrons. The number of nitrogens with two attached hydrogens (primary N) is 1. The molecule has 1 aromatic carbocycles. The summed E-state index contributed by atoms with van der Waals surface area (Å²) in [5, 5.41) is 0.0504. The Balaban J connectivity index is 2.46. The van der Waals surface area contributed by atoms with Crippen LogP contribution in [-0.4, -0.2) is 9.66 Å². The van der Waals surface area contributed by atoms with Gasteiger partial charge in [0.1, 0.15) is 11.2 Å². The third-order valence-electron chi connectivity index (χ3n) is 4.01. The van der Waals surface area contributed by atoms with Crippen molar-refractivity contribution in [2.24, 2.45) is 0 Å². The Morgan fingerprint density at radius 2 is 1.88 bits per heavy atom. The molecule has 3 aromatic rings. The Bertz CT molecular complexity index is 1110. The largest absolute Gasteiger partial charge is 0.403 e. The second-order valence-electron chi connectivity index (χ2n) is 5.66. The van der Waals surface area contributed by atoms with Crippen LogP contribution in [0.4, 0.5) is 4.39 Å². The number of fused-ring (bicyclic) bond motifs is 1. The lowest BCUT2D eigenvalue weighted by Crippen LogP contribution is -2.36. The van der Waals surface area contributed by atoms with Crippen LogP contribution in [0.15, 0.2) is 43.1 Å². The third kappa shape index (κ3) is 2.86. The van der Waals surface area contributed by atoms with E-state index in [9.17, 15) is 18.8 Å². The molecule has 3 rings (SSSR count). The van der Waals surface area contributed by atoms with Crippen molar-refractivity contribution in [3.63, 3.8) is 0 Å². The number of aryl methyl sites for hydroxylation is 1. The van der Waals surface area contributed by atoms with Crippen molar-refractivity contribution < 1.29 is 8.81 Å². The van der Waals surface area contributed by atoms with Crippen molar-refractivity contribution >= 4 is 11.1 Å². The lowest BCUT2D eigenvalue weighted by atomic mass is 9.96. The SMILES string of the molecule is CCCCc1c(-c2ccc(F)cc2)c(=O)oc2c1c(=O)[nH]c(=O)n2N. The molecule has 0 bridgehead atoms. The molecule has 0 fully saturated rings. The van der Waals surface area contributed by atoms with E-state index in [1.165, 1.54) is 24.3 Å².